The van der Waals surface area contributed by atoms with Gasteiger partial charge in [-0.3, -0.25) is 4.79 Å². The highest BCUT2D eigenvalue weighted by atomic mass is 79.9. The third-order valence-electron chi connectivity index (χ3n) is 2.20. The molecule has 0 saturated carbocycles. The van der Waals surface area contributed by atoms with E-state index in [1.54, 1.807) is 24.3 Å². The minimum absolute atomic E-state index is 0.105. The average molecular weight is 368 g/mol. The zero-order chi connectivity index (χ0) is 15.9. The first kappa shape index (κ1) is 17.5. The maximum absolute atomic E-state index is 11.8. The quantitative estimate of drug-likeness (QED) is 0.759. The summed E-state index contributed by atoms with van der Waals surface area (Å²) < 4.78 is 41.5. The Morgan fingerprint density at radius 1 is 1.43 bits per heavy atom. The van der Waals surface area contributed by atoms with E-state index in [0.29, 0.717) is 16.3 Å². The number of rotatable bonds is 6. The summed E-state index contributed by atoms with van der Waals surface area (Å²) in [5.74, 6) is -0.424. The zero-order valence-electron chi connectivity index (χ0n) is 10.7. The van der Waals surface area contributed by atoms with Crippen LogP contribution in [0.3, 0.4) is 0 Å². The number of hydrogen-bond acceptors (Lipinski definition) is 3. The third kappa shape index (κ3) is 7.72. The van der Waals surface area contributed by atoms with Crippen LogP contribution in [0.25, 0.3) is 0 Å². The number of hydrogen-bond donors (Lipinski definition) is 2. The molecule has 0 aliphatic rings. The van der Waals surface area contributed by atoms with Crippen LogP contribution in [0.15, 0.2) is 40.9 Å². The predicted octanol–water partition coefficient (Wildman–Crippen LogP) is 2.42. The van der Waals surface area contributed by atoms with Crippen molar-refractivity contribution >= 4 is 21.8 Å². The molecule has 1 rings (SSSR count). The van der Waals surface area contributed by atoms with E-state index >= 15 is 0 Å². The van der Waals surface area contributed by atoms with Crippen LogP contribution in [0.2, 0.25) is 0 Å². The molecule has 1 unspecified atom stereocenters. The lowest BCUT2D eigenvalue weighted by molar-refractivity contribution is -0.117. The zero-order valence-corrected chi connectivity index (χ0v) is 12.3. The minimum Gasteiger partial charge on any atom is -0.490 e. The topological polar surface area (TPSA) is 58.6 Å². The highest BCUT2D eigenvalue weighted by Crippen LogP contribution is 2.23. The first-order valence-electron chi connectivity index (χ1n) is 5.87. The summed E-state index contributed by atoms with van der Waals surface area (Å²) in [5.41, 5.74) is 0. The number of allylic oxidation sites excluding steroid dienone is 1. The Kier molecular flexibility index (Phi) is 6.70. The van der Waals surface area contributed by atoms with Gasteiger partial charge in [-0.25, -0.2) is 0 Å². The molecule has 0 aliphatic carbocycles. The van der Waals surface area contributed by atoms with Gasteiger partial charge >= 0.3 is 6.18 Å². The predicted molar refractivity (Wildman–Crippen MR) is 73.8 cm³/mol. The average Bonchev–Trinajstić information content (AvgIpc) is 2.41. The molecule has 0 heterocycles. The smallest absolute Gasteiger partial charge is 0.409 e. The number of benzene rings is 1. The summed E-state index contributed by atoms with van der Waals surface area (Å²) in [6.07, 6.45) is -5.40. The van der Waals surface area contributed by atoms with Gasteiger partial charge in [-0.05, 0) is 28.1 Å². The number of ether oxygens (including phenoxy) is 1. The van der Waals surface area contributed by atoms with Gasteiger partial charge in [0.05, 0.1) is 4.47 Å². The van der Waals surface area contributed by atoms with Gasteiger partial charge < -0.3 is 15.2 Å². The van der Waals surface area contributed by atoms with Crippen LogP contribution in [0, 0.1) is 0 Å². The Morgan fingerprint density at radius 3 is 2.71 bits per heavy atom. The number of para-hydroxylation sites is 1. The van der Waals surface area contributed by atoms with Crippen molar-refractivity contribution in [2.75, 3.05) is 13.2 Å². The summed E-state index contributed by atoms with van der Waals surface area (Å²) >= 11 is 3.26. The van der Waals surface area contributed by atoms with E-state index in [-0.39, 0.29) is 19.2 Å². The molecule has 0 aliphatic heterocycles. The molecule has 0 spiro atoms. The number of carbonyl (C=O) groups excluding carboxylic acids is 1. The molecule has 21 heavy (non-hydrogen) atoms. The highest BCUT2D eigenvalue weighted by Gasteiger charge is 2.22. The Bertz CT molecular complexity index is 506. The Labute approximate surface area is 127 Å². The van der Waals surface area contributed by atoms with Crippen molar-refractivity contribution in [1.29, 1.82) is 0 Å². The van der Waals surface area contributed by atoms with Crippen molar-refractivity contribution in [3.63, 3.8) is 0 Å². The van der Waals surface area contributed by atoms with Crippen molar-refractivity contribution < 1.29 is 27.8 Å². The summed E-state index contributed by atoms with van der Waals surface area (Å²) in [5, 5.41) is 11.7. The number of aliphatic hydroxyl groups is 1. The molecule has 0 aromatic heterocycles. The van der Waals surface area contributed by atoms with Gasteiger partial charge in [-0.2, -0.15) is 13.2 Å². The summed E-state index contributed by atoms with van der Waals surface area (Å²) in [6, 6.07) is 6.98. The first-order valence-corrected chi connectivity index (χ1v) is 6.66. The second-order valence-corrected chi connectivity index (χ2v) is 4.87. The van der Waals surface area contributed by atoms with E-state index < -0.39 is 18.2 Å². The van der Waals surface area contributed by atoms with E-state index in [0.717, 1.165) is 0 Å². The van der Waals surface area contributed by atoms with Gasteiger partial charge in [-0.1, -0.05) is 12.1 Å². The fourth-order valence-electron chi connectivity index (χ4n) is 1.25. The van der Waals surface area contributed by atoms with Gasteiger partial charge in [-0.15, -0.1) is 0 Å². The van der Waals surface area contributed by atoms with E-state index in [4.69, 9.17) is 4.74 Å². The molecule has 4 nitrogen and oxygen atoms in total. The molecule has 1 aromatic rings. The molecular weight excluding hydrogens is 355 g/mol. The highest BCUT2D eigenvalue weighted by molar-refractivity contribution is 9.10. The lowest BCUT2D eigenvalue weighted by atomic mass is 10.3. The van der Waals surface area contributed by atoms with Crippen LogP contribution in [0.1, 0.15) is 0 Å². The molecule has 0 fully saturated rings. The SMILES string of the molecule is O=C(/C=C/C(F)(F)F)NCC(O)COc1ccccc1Br. The van der Waals surface area contributed by atoms with Gasteiger partial charge in [0.15, 0.2) is 0 Å². The van der Waals surface area contributed by atoms with Gasteiger partial charge in [0.2, 0.25) is 5.91 Å². The standard InChI is InChI=1S/C13H13BrF3NO3/c14-10-3-1-2-4-11(10)21-8-9(19)7-18-12(20)5-6-13(15,16)17/h1-6,9,19H,7-8H2,(H,18,20)/b6-5+. The van der Waals surface area contributed by atoms with Crippen molar-refractivity contribution in [3.8, 4) is 5.75 Å². The summed E-state index contributed by atoms with van der Waals surface area (Å²) in [7, 11) is 0. The molecule has 8 heteroatoms. The normalized spacial score (nSPS) is 13.2. The van der Waals surface area contributed by atoms with Crippen LogP contribution in [0.4, 0.5) is 13.2 Å². The molecule has 1 atom stereocenters. The lowest BCUT2D eigenvalue weighted by Gasteiger charge is -2.13. The molecule has 116 valence electrons. The molecule has 0 radical (unpaired) electrons. The van der Waals surface area contributed by atoms with Crippen molar-refractivity contribution in [3.05, 3.63) is 40.9 Å². The summed E-state index contributed by atoms with van der Waals surface area (Å²) in [6.45, 7) is -0.322. The number of carbonyl (C=O) groups is 1. The number of halogens is 4. The monoisotopic (exact) mass is 367 g/mol. The van der Waals surface area contributed by atoms with Crippen LogP contribution in [-0.2, 0) is 4.79 Å². The van der Waals surface area contributed by atoms with Crippen LogP contribution < -0.4 is 10.1 Å². The largest absolute Gasteiger partial charge is 0.490 e. The third-order valence-corrected chi connectivity index (χ3v) is 2.86. The number of aliphatic hydroxyl groups excluding tert-OH is 1. The van der Waals surface area contributed by atoms with Gasteiger partial charge in [0.1, 0.15) is 18.5 Å². The summed E-state index contributed by atoms with van der Waals surface area (Å²) in [4.78, 5) is 11.1. The van der Waals surface area contributed by atoms with E-state index in [2.05, 4.69) is 21.2 Å². The van der Waals surface area contributed by atoms with Crippen LogP contribution in [-0.4, -0.2) is 36.4 Å². The van der Waals surface area contributed by atoms with Crippen LogP contribution in [0.5, 0.6) is 5.75 Å². The minimum atomic E-state index is -4.54. The van der Waals surface area contributed by atoms with E-state index in [1.807, 2.05) is 0 Å². The maximum atomic E-state index is 11.8. The second kappa shape index (κ2) is 8.04. The molecule has 0 bridgehead atoms. The molecule has 1 aromatic carbocycles. The molecule has 2 N–H and O–H groups in total. The lowest BCUT2D eigenvalue weighted by Crippen LogP contribution is -2.34. The van der Waals surface area contributed by atoms with E-state index in [1.165, 1.54) is 0 Å². The maximum Gasteiger partial charge on any atom is 0.409 e. The fourth-order valence-corrected chi connectivity index (χ4v) is 1.65. The van der Waals surface area contributed by atoms with E-state index in [9.17, 15) is 23.1 Å². The second-order valence-electron chi connectivity index (χ2n) is 4.02. The van der Waals surface area contributed by atoms with Crippen molar-refractivity contribution in [2.24, 2.45) is 0 Å². The van der Waals surface area contributed by atoms with Crippen molar-refractivity contribution in [1.82, 2.24) is 5.32 Å². The van der Waals surface area contributed by atoms with Gasteiger partial charge in [0.25, 0.3) is 0 Å². The molecule has 1 amide bonds. The fraction of sp³-hybridized carbons (Fsp3) is 0.308. The Hall–Kier alpha value is -1.54. The molecular formula is C13H13BrF3NO3. The number of nitrogens with one attached hydrogen (secondary N) is 1. The Balaban J connectivity index is 2.31. The van der Waals surface area contributed by atoms with Crippen molar-refractivity contribution in [2.45, 2.75) is 12.3 Å². The number of amides is 1. The Morgan fingerprint density at radius 2 is 2.10 bits per heavy atom. The number of alkyl halides is 3. The van der Waals surface area contributed by atoms with Crippen LogP contribution >= 0.6 is 15.9 Å². The first-order chi connectivity index (χ1) is 9.78. The molecule has 0 saturated heterocycles. The van der Waals surface area contributed by atoms with Gasteiger partial charge in [0, 0.05) is 18.7 Å².